The number of amides is 2. The minimum atomic E-state index is -0.325. The molecule has 0 bridgehead atoms. The molecule has 0 saturated carbocycles. The number of nitriles is 1. The monoisotopic (exact) mass is 388 g/mol. The Morgan fingerprint density at radius 3 is 2.96 bits per heavy atom. The molecule has 0 saturated heterocycles. The molecule has 0 spiro atoms. The first-order chi connectivity index (χ1) is 13.1. The fraction of sp³-hybridized carbons (Fsp3) is 0.471. The van der Waals surface area contributed by atoms with E-state index in [0.717, 1.165) is 36.1 Å². The molecule has 2 amide bonds. The first-order valence-electron chi connectivity index (χ1n) is 8.63. The normalized spacial score (nSPS) is 12.9. The van der Waals surface area contributed by atoms with E-state index in [-0.39, 0.29) is 24.2 Å². The SMILES string of the molecule is COCCNC(=O)c1c(NC(=O)Cn2cnc(C#N)n2)sc2c1CCCC2. The maximum absolute atomic E-state index is 12.7. The zero-order valence-electron chi connectivity index (χ0n) is 14.9. The van der Waals surface area contributed by atoms with Crippen LogP contribution in [0.15, 0.2) is 6.33 Å². The van der Waals surface area contributed by atoms with Crippen molar-refractivity contribution in [2.45, 2.75) is 32.2 Å². The van der Waals surface area contributed by atoms with Crippen molar-refractivity contribution in [1.82, 2.24) is 20.1 Å². The largest absolute Gasteiger partial charge is 0.383 e. The summed E-state index contributed by atoms with van der Waals surface area (Å²) in [5.41, 5.74) is 1.58. The Morgan fingerprint density at radius 2 is 2.22 bits per heavy atom. The van der Waals surface area contributed by atoms with Crippen molar-refractivity contribution in [1.29, 1.82) is 5.26 Å². The number of anilines is 1. The molecule has 9 nitrogen and oxygen atoms in total. The van der Waals surface area contributed by atoms with Gasteiger partial charge in [0.1, 0.15) is 23.9 Å². The number of nitrogens with zero attached hydrogens (tertiary/aromatic N) is 4. The van der Waals surface area contributed by atoms with Crippen LogP contribution in [0.2, 0.25) is 0 Å². The summed E-state index contributed by atoms with van der Waals surface area (Å²) in [5.74, 6) is -0.518. The minimum Gasteiger partial charge on any atom is -0.383 e. The lowest BCUT2D eigenvalue weighted by Crippen LogP contribution is -2.29. The second kappa shape index (κ2) is 8.75. The standard InChI is InChI=1S/C17H20N6O3S/c1-26-7-6-19-16(25)15-11-4-2-3-5-12(11)27-17(15)21-14(24)9-23-10-20-13(8-18)22-23/h10H,2-7,9H2,1H3,(H,19,25)(H,21,24). The third-order valence-electron chi connectivity index (χ3n) is 4.19. The number of hydrogen-bond acceptors (Lipinski definition) is 7. The number of thiophene rings is 1. The van der Waals surface area contributed by atoms with Crippen LogP contribution in [-0.4, -0.2) is 46.8 Å². The molecule has 0 unspecified atom stereocenters. The Hall–Kier alpha value is -2.77. The van der Waals surface area contributed by atoms with Gasteiger partial charge in [0.2, 0.25) is 5.91 Å². The predicted octanol–water partition coefficient (Wildman–Crippen LogP) is 1.10. The topological polar surface area (TPSA) is 122 Å². The third-order valence-corrected chi connectivity index (χ3v) is 5.39. The Bertz CT molecular complexity index is 882. The van der Waals surface area contributed by atoms with Crippen LogP contribution in [0.5, 0.6) is 0 Å². The number of rotatable bonds is 7. The second-order valence-corrected chi connectivity index (χ2v) is 7.19. The first-order valence-corrected chi connectivity index (χ1v) is 9.45. The van der Waals surface area contributed by atoms with Gasteiger partial charge in [0.25, 0.3) is 11.7 Å². The van der Waals surface area contributed by atoms with Crippen molar-refractivity contribution in [3.8, 4) is 6.07 Å². The van der Waals surface area contributed by atoms with Gasteiger partial charge < -0.3 is 15.4 Å². The maximum Gasteiger partial charge on any atom is 0.254 e. The average molecular weight is 388 g/mol. The zero-order chi connectivity index (χ0) is 19.2. The zero-order valence-corrected chi connectivity index (χ0v) is 15.8. The first kappa shape index (κ1) is 19.0. The molecule has 1 aliphatic rings. The average Bonchev–Trinajstić information content (AvgIpc) is 3.25. The number of hydrogen-bond donors (Lipinski definition) is 2. The van der Waals surface area contributed by atoms with Crippen molar-refractivity contribution in [3.05, 3.63) is 28.2 Å². The van der Waals surface area contributed by atoms with E-state index in [9.17, 15) is 9.59 Å². The van der Waals surface area contributed by atoms with E-state index in [1.54, 1.807) is 7.11 Å². The number of aryl methyl sites for hydroxylation is 1. The molecular formula is C17H20N6O3S. The van der Waals surface area contributed by atoms with Crippen molar-refractivity contribution >= 4 is 28.2 Å². The number of nitrogens with one attached hydrogen (secondary N) is 2. The number of carbonyl (C=O) groups is 2. The molecule has 2 heterocycles. The summed E-state index contributed by atoms with van der Waals surface area (Å²) in [6.07, 6.45) is 5.20. The van der Waals surface area contributed by atoms with Gasteiger partial charge in [-0.05, 0) is 31.2 Å². The summed E-state index contributed by atoms with van der Waals surface area (Å²) in [4.78, 5) is 30.0. The van der Waals surface area contributed by atoms with Crippen LogP contribution in [0, 0.1) is 11.3 Å². The molecule has 3 rings (SSSR count). The number of ether oxygens (including phenoxy) is 1. The Morgan fingerprint density at radius 1 is 1.41 bits per heavy atom. The fourth-order valence-electron chi connectivity index (χ4n) is 2.98. The number of fused-ring (bicyclic) bond motifs is 1. The second-order valence-electron chi connectivity index (χ2n) is 6.09. The molecule has 0 aromatic carbocycles. The Labute approximate surface area is 160 Å². The molecule has 0 fully saturated rings. The quantitative estimate of drug-likeness (QED) is 0.685. The van der Waals surface area contributed by atoms with Gasteiger partial charge in [-0.3, -0.25) is 9.59 Å². The molecule has 0 radical (unpaired) electrons. The smallest absolute Gasteiger partial charge is 0.254 e. The summed E-state index contributed by atoms with van der Waals surface area (Å²) >= 11 is 1.46. The molecule has 10 heteroatoms. The summed E-state index contributed by atoms with van der Waals surface area (Å²) < 4.78 is 6.27. The molecule has 0 aliphatic heterocycles. The van der Waals surface area contributed by atoms with Crippen molar-refractivity contribution < 1.29 is 14.3 Å². The van der Waals surface area contributed by atoms with E-state index in [2.05, 4.69) is 20.7 Å². The third kappa shape index (κ3) is 4.50. The van der Waals surface area contributed by atoms with Crippen molar-refractivity contribution in [2.24, 2.45) is 0 Å². The van der Waals surface area contributed by atoms with E-state index < -0.39 is 0 Å². The van der Waals surface area contributed by atoms with E-state index >= 15 is 0 Å². The maximum atomic E-state index is 12.7. The summed E-state index contributed by atoms with van der Waals surface area (Å²) in [7, 11) is 1.58. The predicted molar refractivity (Wildman–Crippen MR) is 98.5 cm³/mol. The summed E-state index contributed by atoms with van der Waals surface area (Å²) in [6.45, 7) is 0.749. The van der Waals surface area contributed by atoms with E-state index in [1.807, 2.05) is 6.07 Å². The van der Waals surface area contributed by atoms with Gasteiger partial charge in [-0.25, -0.2) is 9.67 Å². The van der Waals surface area contributed by atoms with Crippen LogP contribution in [0.25, 0.3) is 0 Å². The van der Waals surface area contributed by atoms with Gasteiger partial charge in [-0.15, -0.1) is 16.4 Å². The van der Waals surface area contributed by atoms with Crippen LogP contribution in [-0.2, 0) is 28.9 Å². The van der Waals surface area contributed by atoms with Crippen LogP contribution in [0.1, 0.15) is 39.5 Å². The summed E-state index contributed by atoms with van der Waals surface area (Å²) in [5, 5.41) is 18.9. The highest BCUT2D eigenvalue weighted by molar-refractivity contribution is 7.17. The lowest BCUT2D eigenvalue weighted by Gasteiger charge is -2.13. The Kier molecular flexibility index (Phi) is 6.16. The molecule has 2 aromatic rings. The van der Waals surface area contributed by atoms with Gasteiger partial charge in [0, 0.05) is 18.5 Å². The van der Waals surface area contributed by atoms with Crippen molar-refractivity contribution in [3.63, 3.8) is 0 Å². The van der Waals surface area contributed by atoms with Crippen molar-refractivity contribution in [2.75, 3.05) is 25.6 Å². The summed E-state index contributed by atoms with van der Waals surface area (Å²) in [6, 6.07) is 1.82. The minimum absolute atomic E-state index is 0.00703. The molecule has 142 valence electrons. The lowest BCUT2D eigenvalue weighted by atomic mass is 9.95. The highest BCUT2D eigenvalue weighted by Gasteiger charge is 2.26. The van der Waals surface area contributed by atoms with Gasteiger partial charge in [0.15, 0.2) is 0 Å². The van der Waals surface area contributed by atoms with Gasteiger partial charge in [0.05, 0.1) is 12.2 Å². The highest BCUT2D eigenvalue weighted by Crippen LogP contribution is 2.38. The molecule has 1 aliphatic carbocycles. The highest BCUT2D eigenvalue weighted by atomic mass is 32.1. The molecular weight excluding hydrogens is 368 g/mol. The number of carbonyl (C=O) groups excluding carboxylic acids is 2. The molecule has 2 aromatic heterocycles. The molecule has 27 heavy (non-hydrogen) atoms. The molecule has 2 N–H and O–H groups in total. The Balaban J connectivity index is 1.77. The van der Waals surface area contributed by atoms with Gasteiger partial charge in [-0.2, -0.15) is 5.26 Å². The van der Waals surface area contributed by atoms with Crippen LogP contribution in [0.4, 0.5) is 5.00 Å². The van der Waals surface area contributed by atoms with Gasteiger partial charge >= 0.3 is 0 Å². The molecule has 0 atom stereocenters. The lowest BCUT2D eigenvalue weighted by molar-refractivity contribution is -0.116. The number of aromatic nitrogens is 3. The van der Waals surface area contributed by atoms with Crippen LogP contribution >= 0.6 is 11.3 Å². The van der Waals surface area contributed by atoms with Crippen LogP contribution in [0.3, 0.4) is 0 Å². The van der Waals surface area contributed by atoms with Crippen LogP contribution < -0.4 is 10.6 Å². The van der Waals surface area contributed by atoms with E-state index in [4.69, 9.17) is 10.00 Å². The van der Waals surface area contributed by atoms with E-state index in [1.165, 1.54) is 22.3 Å². The van der Waals surface area contributed by atoms with Gasteiger partial charge in [-0.1, -0.05) is 0 Å². The van der Waals surface area contributed by atoms with E-state index in [0.29, 0.717) is 23.7 Å². The number of methoxy groups -OCH3 is 1. The fourth-order valence-corrected chi connectivity index (χ4v) is 4.29.